The lowest BCUT2D eigenvalue weighted by atomic mass is 10.2. The second-order valence-electron chi connectivity index (χ2n) is 4.30. The lowest BCUT2D eigenvalue weighted by molar-refractivity contribution is 0.0599. The summed E-state index contributed by atoms with van der Waals surface area (Å²) >= 11 is 0. The van der Waals surface area contributed by atoms with E-state index in [0.717, 1.165) is 0 Å². The maximum absolute atomic E-state index is 11.9. The van der Waals surface area contributed by atoms with Gasteiger partial charge in [0.15, 0.2) is 0 Å². The van der Waals surface area contributed by atoms with Crippen LogP contribution in [0.25, 0.3) is 0 Å². The summed E-state index contributed by atoms with van der Waals surface area (Å²) in [5, 5.41) is 0. The molecule has 0 saturated carbocycles. The van der Waals surface area contributed by atoms with Crippen molar-refractivity contribution < 1.29 is 13.9 Å². The summed E-state index contributed by atoms with van der Waals surface area (Å²) in [5.74, 6) is 0.595. The van der Waals surface area contributed by atoms with Crippen molar-refractivity contribution in [2.75, 3.05) is 7.11 Å². The minimum Gasteiger partial charge on any atom is -0.465 e. The second kappa shape index (κ2) is 5.14. The van der Waals surface area contributed by atoms with Crippen molar-refractivity contribution in [2.45, 2.75) is 20.4 Å². The number of rotatable bonds is 3. The van der Waals surface area contributed by atoms with E-state index in [1.165, 1.54) is 11.7 Å². The molecular formula is C14H15NO4. The number of aromatic nitrogens is 1. The van der Waals surface area contributed by atoms with Crippen molar-refractivity contribution in [3.05, 3.63) is 57.4 Å². The Kier molecular flexibility index (Phi) is 3.55. The zero-order valence-electron chi connectivity index (χ0n) is 11.1. The van der Waals surface area contributed by atoms with E-state index in [4.69, 9.17) is 4.42 Å². The highest BCUT2D eigenvalue weighted by atomic mass is 16.5. The number of carbonyl (C=O) groups excluding carboxylic acids is 1. The summed E-state index contributed by atoms with van der Waals surface area (Å²) in [5.41, 5.74) is 0.980. The number of esters is 1. The number of methoxy groups -OCH3 is 1. The van der Waals surface area contributed by atoms with Crippen LogP contribution in [0.5, 0.6) is 0 Å². The molecule has 2 aromatic heterocycles. The van der Waals surface area contributed by atoms with Crippen LogP contribution in [-0.4, -0.2) is 17.6 Å². The average molecular weight is 261 g/mol. The van der Waals surface area contributed by atoms with E-state index in [0.29, 0.717) is 29.2 Å². The van der Waals surface area contributed by atoms with E-state index >= 15 is 0 Å². The summed E-state index contributed by atoms with van der Waals surface area (Å²) in [6, 6.07) is 5.16. The van der Waals surface area contributed by atoms with Gasteiger partial charge in [-0.25, -0.2) is 4.79 Å². The molecule has 0 saturated heterocycles. The summed E-state index contributed by atoms with van der Waals surface area (Å²) in [6.45, 7) is 3.74. The summed E-state index contributed by atoms with van der Waals surface area (Å²) in [7, 11) is 1.32. The molecule has 0 aromatic carbocycles. The Morgan fingerprint density at radius 1 is 1.42 bits per heavy atom. The van der Waals surface area contributed by atoms with Crippen LogP contribution in [0.15, 0.2) is 33.6 Å². The van der Waals surface area contributed by atoms with Gasteiger partial charge in [-0.1, -0.05) is 6.07 Å². The van der Waals surface area contributed by atoms with E-state index in [-0.39, 0.29) is 5.56 Å². The lowest BCUT2D eigenvalue weighted by Crippen LogP contribution is -2.21. The SMILES string of the molecule is COC(=O)c1cc(Cn2cccc(C)c2=O)oc1C. The Bertz CT molecular complexity index is 666. The van der Waals surface area contributed by atoms with Crippen molar-refractivity contribution in [1.29, 1.82) is 0 Å². The van der Waals surface area contributed by atoms with Gasteiger partial charge in [0.2, 0.25) is 0 Å². The van der Waals surface area contributed by atoms with E-state index < -0.39 is 5.97 Å². The number of pyridine rings is 1. The van der Waals surface area contributed by atoms with Crippen LogP contribution in [0, 0.1) is 13.8 Å². The topological polar surface area (TPSA) is 61.4 Å². The summed E-state index contributed by atoms with van der Waals surface area (Å²) < 4.78 is 11.7. The van der Waals surface area contributed by atoms with E-state index in [2.05, 4.69) is 4.74 Å². The molecule has 0 radical (unpaired) electrons. The molecule has 5 nitrogen and oxygen atoms in total. The zero-order valence-corrected chi connectivity index (χ0v) is 11.1. The molecular weight excluding hydrogens is 246 g/mol. The molecule has 0 bridgehead atoms. The van der Waals surface area contributed by atoms with Gasteiger partial charge in [-0.3, -0.25) is 4.79 Å². The quantitative estimate of drug-likeness (QED) is 0.792. The highest BCUT2D eigenvalue weighted by molar-refractivity contribution is 5.90. The van der Waals surface area contributed by atoms with Crippen LogP contribution >= 0.6 is 0 Å². The van der Waals surface area contributed by atoms with Crippen LogP contribution in [0.3, 0.4) is 0 Å². The van der Waals surface area contributed by atoms with Crippen LogP contribution in [0.2, 0.25) is 0 Å². The summed E-state index contributed by atoms with van der Waals surface area (Å²) in [4.78, 5) is 23.4. The molecule has 2 heterocycles. The van der Waals surface area contributed by atoms with Crippen molar-refractivity contribution in [3.8, 4) is 0 Å². The van der Waals surface area contributed by atoms with E-state index in [9.17, 15) is 9.59 Å². The minimum absolute atomic E-state index is 0.0730. The third-order valence-electron chi connectivity index (χ3n) is 2.91. The van der Waals surface area contributed by atoms with Crippen molar-refractivity contribution in [1.82, 2.24) is 4.57 Å². The van der Waals surface area contributed by atoms with Crippen molar-refractivity contribution in [3.63, 3.8) is 0 Å². The fourth-order valence-electron chi connectivity index (χ4n) is 1.88. The third kappa shape index (κ3) is 2.59. The first-order chi connectivity index (χ1) is 9.02. The number of nitrogens with zero attached hydrogens (tertiary/aromatic N) is 1. The molecule has 2 rings (SSSR count). The van der Waals surface area contributed by atoms with Gasteiger partial charge in [-0.15, -0.1) is 0 Å². The highest BCUT2D eigenvalue weighted by Gasteiger charge is 2.15. The molecule has 0 unspecified atom stereocenters. The number of hydrogen-bond donors (Lipinski definition) is 0. The Morgan fingerprint density at radius 2 is 2.16 bits per heavy atom. The number of ether oxygens (including phenoxy) is 1. The van der Waals surface area contributed by atoms with Gasteiger partial charge < -0.3 is 13.7 Å². The Hall–Kier alpha value is -2.30. The molecule has 0 atom stereocenters. The molecule has 5 heteroatoms. The van der Waals surface area contributed by atoms with Crippen LogP contribution in [0.1, 0.15) is 27.4 Å². The number of carbonyl (C=O) groups is 1. The second-order valence-corrected chi connectivity index (χ2v) is 4.30. The molecule has 0 spiro atoms. The molecule has 0 aliphatic heterocycles. The standard InChI is InChI=1S/C14H15NO4/c1-9-5-4-6-15(13(9)16)8-11-7-12(10(2)19-11)14(17)18-3/h4-7H,8H2,1-3H3. The largest absolute Gasteiger partial charge is 0.465 e. The first-order valence-corrected chi connectivity index (χ1v) is 5.86. The fourth-order valence-corrected chi connectivity index (χ4v) is 1.88. The average Bonchev–Trinajstić information content (AvgIpc) is 2.75. The fraction of sp³-hybridized carbons (Fsp3) is 0.286. The number of aryl methyl sites for hydroxylation is 2. The van der Waals surface area contributed by atoms with Gasteiger partial charge in [0.25, 0.3) is 5.56 Å². The normalized spacial score (nSPS) is 10.5. The van der Waals surface area contributed by atoms with Gasteiger partial charge in [-0.05, 0) is 26.0 Å². The van der Waals surface area contributed by atoms with E-state index in [1.54, 1.807) is 38.2 Å². The Labute approximate surface area is 110 Å². The third-order valence-corrected chi connectivity index (χ3v) is 2.91. The van der Waals surface area contributed by atoms with Crippen molar-refractivity contribution in [2.24, 2.45) is 0 Å². The minimum atomic E-state index is -0.441. The van der Waals surface area contributed by atoms with Gasteiger partial charge >= 0.3 is 5.97 Å². The number of furan rings is 1. The predicted molar refractivity (Wildman–Crippen MR) is 69.3 cm³/mol. The first kappa shape index (κ1) is 13.1. The van der Waals surface area contributed by atoms with E-state index in [1.807, 2.05) is 0 Å². The van der Waals surface area contributed by atoms with Crippen LogP contribution in [0.4, 0.5) is 0 Å². The molecule has 19 heavy (non-hydrogen) atoms. The van der Waals surface area contributed by atoms with Crippen molar-refractivity contribution >= 4 is 5.97 Å². The summed E-state index contributed by atoms with van der Waals surface area (Å²) in [6.07, 6.45) is 1.69. The predicted octanol–water partition coefficient (Wildman–Crippen LogP) is 1.89. The van der Waals surface area contributed by atoms with Gasteiger partial charge in [0.1, 0.15) is 17.1 Å². The first-order valence-electron chi connectivity index (χ1n) is 5.86. The highest BCUT2D eigenvalue weighted by Crippen LogP contribution is 2.16. The molecule has 2 aromatic rings. The molecule has 0 fully saturated rings. The lowest BCUT2D eigenvalue weighted by Gasteiger charge is -2.03. The Morgan fingerprint density at radius 3 is 2.84 bits per heavy atom. The molecule has 0 aliphatic carbocycles. The van der Waals surface area contributed by atoms with Gasteiger partial charge in [0.05, 0.1) is 13.7 Å². The van der Waals surface area contributed by atoms with Crippen LogP contribution < -0.4 is 5.56 Å². The molecule has 100 valence electrons. The molecule has 0 amide bonds. The monoisotopic (exact) mass is 261 g/mol. The maximum atomic E-state index is 11.9. The molecule has 0 N–H and O–H groups in total. The zero-order chi connectivity index (χ0) is 14.0. The Balaban J connectivity index is 2.32. The van der Waals surface area contributed by atoms with Crippen LogP contribution in [-0.2, 0) is 11.3 Å². The van der Waals surface area contributed by atoms with Gasteiger partial charge in [-0.2, -0.15) is 0 Å². The molecule has 0 aliphatic rings. The number of hydrogen-bond acceptors (Lipinski definition) is 4. The smallest absolute Gasteiger partial charge is 0.341 e. The maximum Gasteiger partial charge on any atom is 0.341 e. The van der Waals surface area contributed by atoms with Gasteiger partial charge in [0, 0.05) is 11.8 Å².